The minimum Gasteiger partial charge on any atom is -0.294 e. The maximum absolute atomic E-state index is 11.5. The van der Waals surface area contributed by atoms with Gasteiger partial charge in [-0.3, -0.25) is 4.79 Å². The molecule has 2 heteroatoms. The average molecular weight is 298 g/mol. The van der Waals surface area contributed by atoms with Crippen LogP contribution < -0.4 is 0 Å². The highest BCUT2D eigenvalue weighted by molar-refractivity contribution is 14.1. The highest BCUT2D eigenvalue weighted by atomic mass is 127. The largest absolute Gasteiger partial charge is 0.294 e. The van der Waals surface area contributed by atoms with Crippen LogP contribution in [0.2, 0.25) is 0 Å². The van der Waals surface area contributed by atoms with E-state index in [0.717, 1.165) is 3.58 Å². The monoisotopic (exact) mass is 298 g/mol. The van der Waals surface area contributed by atoms with E-state index in [1.54, 1.807) is 0 Å². The molecule has 2 rings (SSSR count). The predicted molar refractivity (Wildman–Crippen MR) is 65.5 cm³/mol. The molecule has 1 unspecified atom stereocenters. The molecule has 1 aromatic carbocycles. The van der Waals surface area contributed by atoms with Gasteiger partial charge in [0, 0.05) is 12.3 Å². The Kier molecular flexibility index (Phi) is 2.72. The molecule has 0 amide bonds. The Morgan fingerprint density at radius 2 is 1.93 bits per heavy atom. The number of Topliss-reactive ketones (excluding diaryl/α,β-unsaturated/α-hetero) is 1. The van der Waals surface area contributed by atoms with Crippen molar-refractivity contribution in [2.45, 2.75) is 19.3 Å². The second kappa shape index (κ2) is 3.85. The Morgan fingerprint density at radius 3 is 2.43 bits per heavy atom. The lowest BCUT2D eigenvalue weighted by Crippen LogP contribution is -1.97. The molecule has 0 fully saturated rings. The number of benzene rings is 1. The minimum absolute atomic E-state index is 0.289. The fraction of sp³-hybridized carbons (Fsp3) is 0.250. The van der Waals surface area contributed by atoms with E-state index in [9.17, 15) is 4.79 Å². The standard InChI is InChI=1S/C12H11IO/c1-8-10(7-11(14)12(8)13)9-5-3-2-4-6-9/h2-6,10H,7H2,1H3. The van der Waals surface area contributed by atoms with E-state index in [4.69, 9.17) is 0 Å². The summed E-state index contributed by atoms with van der Waals surface area (Å²) in [6.45, 7) is 2.06. The zero-order valence-corrected chi connectivity index (χ0v) is 10.1. The number of rotatable bonds is 1. The van der Waals surface area contributed by atoms with E-state index in [0.29, 0.717) is 12.3 Å². The molecule has 72 valence electrons. The van der Waals surface area contributed by atoms with Gasteiger partial charge in [-0.25, -0.2) is 0 Å². The molecular weight excluding hydrogens is 287 g/mol. The fourth-order valence-corrected chi connectivity index (χ4v) is 2.45. The van der Waals surface area contributed by atoms with Gasteiger partial charge in [0.15, 0.2) is 5.78 Å². The molecule has 0 spiro atoms. The van der Waals surface area contributed by atoms with Crippen molar-refractivity contribution in [1.82, 2.24) is 0 Å². The van der Waals surface area contributed by atoms with Crippen LogP contribution in [0.25, 0.3) is 0 Å². The van der Waals surface area contributed by atoms with Crippen LogP contribution in [0, 0.1) is 0 Å². The van der Waals surface area contributed by atoms with Crippen LogP contribution in [-0.4, -0.2) is 5.78 Å². The molecule has 1 atom stereocenters. The van der Waals surface area contributed by atoms with Crippen LogP contribution in [-0.2, 0) is 4.79 Å². The number of hydrogen-bond donors (Lipinski definition) is 0. The van der Waals surface area contributed by atoms with Crippen molar-refractivity contribution < 1.29 is 4.79 Å². The molecule has 1 nitrogen and oxygen atoms in total. The van der Waals surface area contributed by atoms with Gasteiger partial charge in [0.2, 0.25) is 0 Å². The van der Waals surface area contributed by atoms with Gasteiger partial charge in [0.05, 0.1) is 3.58 Å². The molecular formula is C12H11IO. The van der Waals surface area contributed by atoms with Crippen LogP contribution in [0.4, 0.5) is 0 Å². The topological polar surface area (TPSA) is 17.1 Å². The normalized spacial score (nSPS) is 21.9. The van der Waals surface area contributed by atoms with Gasteiger partial charge < -0.3 is 0 Å². The third-order valence-corrected chi connectivity index (χ3v) is 4.16. The van der Waals surface area contributed by atoms with E-state index < -0.39 is 0 Å². The number of carbonyl (C=O) groups is 1. The zero-order valence-electron chi connectivity index (χ0n) is 7.96. The Morgan fingerprint density at radius 1 is 1.29 bits per heavy atom. The summed E-state index contributed by atoms with van der Waals surface area (Å²) in [4.78, 5) is 11.5. The van der Waals surface area contributed by atoms with E-state index >= 15 is 0 Å². The first-order valence-electron chi connectivity index (χ1n) is 4.64. The van der Waals surface area contributed by atoms with Gasteiger partial charge in [-0.2, -0.15) is 0 Å². The van der Waals surface area contributed by atoms with Crippen molar-refractivity contribution in [2.24, 2.45) is 0 Å². The Labute approximate surface area is 97.3 Å². The lowest BCUT2D eigenvalue weighted by molar-refractivity contribution is -0.114. The molecule has 1 aliphatic carbocycles. The van der Waals surface area contributed by atoms with E-state index in [-0.39, 0.29) is 5.78 Å². The smallest absolute Gasteiger partial charge is 0.169 e. The highest BCUT2D eigenvalue weighted by Gasteiger charge is 2.28. The van der Waals surface area contributed by atoms with Gasteiger partial charge in [0.25, 0.3) is 0 Å². The van der Waals surface area contributed by atoms with Gasteiger partial charge in [-0.15, -0.1) is 0 Å². The third-order valence-electron chi connectivity index (χ3n) is 2.71. The number of ketones is 1. The summed E-state index contributed by atoms with van der Waals surface area (Å²) in [7, 11) is 0. The highest BCUT2D eigenvalue weighted by Crippen LogP contribution is 2.39. The van der Waals surface area contributed by atoms with Crippen molar-refractivity contribution >= 4 is 28.4 Å². The van der Waals surface area contributed by atoms with E-state index in [1.165, 1.54) is 11.1 Å². The maximum atomic E-state index is 11.5. The third kappa shape index (κ3) is 1.63. The summed E-state index contributed by atoms with van der Waals surface area (Å²) in [5.74, 6) is 0.604. The van der Waals surface area contributed by atoms with Crippen molar-refractivity contribution in [1.29, 1.82) is 0 Å². The molecule has 0 heterocycles. The van der Waals surface area contributed by atoms with Crippen LogP contribution in [0.1, 0.15) is 24.8 Å². The predicted octanol–water partition coefficient (Wildman–Crippen LogP) is 3.45. The van der Waals surface area contributed by atoms with Crippen molar-refractivity contribution in [3.8, 4) is 0 Å². The second-order valence-corrected chi connectivity index (χ2v) is 4.67. The summed E-state index contributed by atoms with van der Waals surface area (Å²) in [6, 6.07) is 10.2. The first-order chi connectivity index (χ1) is 6.70. The number of allylic oxidation sites excluding steroid dienone is 2. The zero-order chi connectivity index (χ0) is 10.1. The fourth-order valence-electron chi connectivity index (χ4n) is 1.85. The minimum atomic E-state index is 0.289. The molecule has 0 aromatic heterocycles. The summed E-state index contributed by atoms with van der Waals surface area (Å²) >= 11 is 2.16. The summed E-state index contributed by atoms with van der Waals surface area (Å²) in [5, 5.41) is 0. The first kappa shape index (κ1) is 9.90. The molecule has 0 aliphatic heterocycles. The van der Waals surface area contributed by atoms with E-state index in [2.05, 4.69) is 41.6 Å². The SMILES string of the molecule is CC1=C(I)C(=O)CC1c1ccccc1. The lowest BCUT2D eigenvalue weighted by atomic mass is 9.94. The average Bonchev–Trinajstić information content (AvgIpc) is 2.47. The first-order valence-corrected chi connectivity index (χ1v) is 5.72. The van der Waals surface area contributed by atoms with Crippen LogP contribution in [0.3, 0.4) is 0 Å². The number of halogens is 1. The summed E-state index contributed by atoms with van der Waals surface area (Å²) < 4.78 is 0.927. The Bertz CT molecular complexity index is 392. The maximum Gasteiger partial charge on any atom is 0.169 e. The molecule has 1 aromatic rings. The van der Waals surface area contributed by atoms with Crippen molar-refractivity contribution in [3.63, 3.8) is 0 Å². The molecule has 0 bridgehead atoms. The van der Waals surface area contributed by atoms with Crippen LogP contribution in [0.15, 0.2) is 39.5 Å². The second-order valence-electron chi connectivity index (χ2n) is 3.59. The van der Waals surface area contributed by atoms with Crippen LogP contribution in [0.5, 0.6) is 0 Å². The van der Waals surface area contributed by atoms with Gasteiger partial charge in [0.1, 0.15) is 0 Å². The quantitative estimate of drug-likeness (QED) is 0.726. The Hall–Kier alpha value is -0.640. The number of hydrogen-bond acceptors (Lipinski definition) is 1. The van der Waals surface area contributed by atoms with Gasteiger partial charge in [-0.1, -0.05) is 30.3 Å². The molecule has 1 aliphatic rings. The number of carbonyl (C=O) groups excluding carboxylic acids is 1. The summed E-state index contributed by atoms with van der Waals surface area (Å²) in [5.41, 5.74) is 2.48. The van der Waals surface area contributed by atoms with Gasteiger partial charge >= 0.3 is 0 Å². The Balaban J connectivity index is 2.36. The molecule has 14 heavy (non-hydrogen) atoms. The molecule has 0 saturated carbocycles. The van der Waals surface area contributed by atoms with Gasteiger partial charge in [-0.05, 0) is 40.7 Å². The molecule has 0 N–H and O–H groups in total. The van der Waals surface area contributed by atoms with Crippen molar-refractivity contribution in [2.75, 3.05) is 0 Å². The molecule has 0 saturated heterocycles. The van der Waals surface area contributed by atoms with E-state index in [1.807, 2.05) is 18.2 Å². The summed E-state index contributed by atoms with van der Waals surface area (Å²) in [6.07, 6.45) is 0.647. The van der Waals surface area contributed by atoms with Crippen LogP contribution >= 0.6 is 22.6 Å². The molecule has 0 radical (unpaired) electrons. The lowest BCUT2D eigenvalue weighted by Gasteiger charge is -2.10. The van der Waals surface area contributed by atoms with Crippen molar-refractivity contribution in [3.05, 3.63) is 45.0 Å².